The van der Waals surface area contributed by atoms with Crippen LogP contribution in [0.5, 0.6) is 0 Å². The van der Waals surface area contributed by atoms with Crippen molar-refractivity contribution >= 4 is 47.3 Å². The molecule has 176 valence electrons. The number of thiazole rings is 1. The number of sulfonamides is 1. The van der Waals surface area contributed by atoms with Gasteiger partial charge in [0, 0.05) is 31.5 Å². The van der Waals surface area contributed by atoms with E-state index in [0.29, 0.717) is 16.0 Å². The molecule has 0 fully saturated rings. The summed E-state index contributed by atoms with van der Waals surface area (Å²) in [7, 11) is -5.53. The van der Waals surface area contributed by atoms with Crippen molar-refractivity contribution in [2.45, 2.75) is 36.2 Å². The SMILES string of the molecule is C=CCn1c(=NC(=O)c2ccc(S(=O)(=O)N(C)C(C)C)cc2)sc2cc(S(C)(=O)=O)ccc21. The van der Waals surface area contributed by atoms with Gasteiger partial charge in [0.2, 0.25) is 10.0 Å². The van der Waals surface area contributed by atoms with Crippen LogP contribution < -0.4 is 4.80 Å². The summed E-state index contributed by atoms with van der Waals surface area (Å²) in [5.74, 6) is -0.538. The molecule has 0 saturated heterocycles. The molecule has 11 heteroatoms. The van der Waals surface area contributed by atoms with Crippen LogP contribution in [0.1, 0.15) is 24.2 Å². The van der Waals surface area contributed by atoms with E-state index in [-0.39, 0.29) is 21.4 Å². The van der Waals surface area contributed by atoms with E-state index >= 15 is 0 Å². The minimum Gasteiger partial charge on any atom is -0.312 e. The van der Waals surface area contributed by atoms with Crippen LogP contribution in [0.25, 0.3) is 10.2 Å². The molecule has 0 N–H and O–H groups in total. The van der Waals surface area contributed by atoms with Gasteiger partial charge in [-0.25, -0.2) is 16.8 Å². The lowest BCUT2D eigenvalue weighted by Gasteiger charge is -2.20. The zero-order valence-electron chi connectivity index (χ0n) is 18.7. The van der Waals surface area contributed by atoms with Gasteiger partial charge in [-0.15, -0.1) is 6.58 Å². The fraction of sp³-hybridized carbons (Fsp3) is 0.273. The molecule has 8 nitrogen and oxygen atoms in total. The fourth-order valence-corrected chi connectivity index (χ4v) is 6.21. The van der Waals surface area contributed by atoms with Crippen LogP contribution in [0.15, 0.2) is 69.9 Å². The highest BCUT2D eigenvalue weighted by molar-refractivity contribution is 7.90. The van der Waals surface area contributed by atoms with Crippen LogP contribution in [0.3, 0.4) is 0 Å². The summed E-state index contributed by atoms with van der Waals surface area (Å²) >= 11 is 1.19. The van der Waals surface area contributed by atoms with Gasteiger partial charge in [-0.05, 0) is 56.3 Å². The molecule has 0 unspecified atom stereocenters. The molecule has 3 aromatic rings. The van der Waals surface area contributed by atoms with E-state index in [0.717, 1.165) is 11.8 Å². The number of aromatic nitrogens is 1. The molecule has 0 aliphatic rings. The first-order valence-electron chi connectivity index (χ1n) is 9.97. The minimum absolute atomic E-state index is 0.0899. The summed E-state index contributed by atoms with van der Waals surface area (Å²) in [6.45, 7) is 7.66. The number of allylic oxidation sites excluding steroid dienone is 1. The maximum Gasteiger partial charge on any atom is 0.279 e. The van der Waals surface area contributed by atoms with Crippen molar-refractivity contribution < 1.29 is 21.6 Å². The second-order valence-corrected chi connectivity index (χ2v) is 12.8. The smallest absolute Gasteiger partial charge is 0.279 e. The maximum absolute atomic E-state index is 12.8. The van der Waals surface area contributed by atoms with Crippen molar-refractivity contribution in [2.24, 2.45) is 4.99 Å². The second kappa shape index (κ2) is 9.34. The Labute approximate surface area is 197 Å². The Morgan fingerprint density at radius 3 is 2.27 bits per heavy atom. The third kappa shape index (κ3) is 5.16. The topological polar surface area (TPSA) is 106 Å². The number of carbonyl (C=O) groups is 1. The predicted molar refractivity (Wildman–Crippen MR) is 130 cm³/mol. The molecule has 0 aliphatic carbocycles. The molecule has 33 heavy (non-hydrogen) atoms. The lowest BCUT2D eigenvalue weighted by molar-refractivity contribution is 0.0997. The number of fused-ring (bicyclic) bond motifs is 1. The Hall–Kier alpha value is -2.60. The molecule has 0 spiro atoms. The van der Waals surface area contributed by atoms with Crippen molar-refractivity contribution in [3.8, 4) is 0 Å². The molecule has 2 aromatic carbocycles. The zero-order valence-corrected chi connectivity index (χ0v) is 21.2. The van der Waals surface area contributed by atoms with Gasteiger partial charge in [-0.2, -0.15) is 9.30 Å². The highest BCUT2D eigenvalue weighted by Gasteiger charge is 2.23. The highest BCUT2D eigenvalue weighted by Crippen LogP contribution is 2.22. The van der Waals surface area contributed by atoms with Crippen LogP contribution in [-0.2, 0) is 26.4 Å². The van der Waals surface area contributed by atoms with Gasteiger partial charge < -0.3 is 4.57 Å². The summed E-state index contributed by atoms with van der Waals surface area (Å²) in [6, 6.07) is 10.2. The first-order chi connectivity index (χ1) is 15.4. The molecule has 0 atom stereocenters. The van der Waals surface area contributed by atoms with E-state index < -0.39 is 25.8 Å². The number of nitrogens with zero attached hydrogens (tertiary/aromatic N) is 3. The molecular formula is C22H25N3O5S3. The lowest BCUT2D eigenvalue weighted by atomic mass is 10.2. The average Bonchev–Trinajstić information content (AvgIpc) is 3.09. The summed E-state index contributed by atoms with van der Waals surface area (Å²) in [5.41, 5.74) is 0.970. The third-order valence-electron chi connectivity index (χ3n) is 5.10. The van der Waals surface area contributed by atoms with Crippen molar-refractivity contribution in [1.29, 1.82) is 0 Å². The number of carbonyl (C=O) groups excluding carboxylic acids is 1. The Morgan fingerprint density at radius 2 is 1.73 bits per heavy atom. The monoisotopic (exact) mass is 507 g/mol. The average molecular weight is 508 g/mol. The fourth-order valence-electron chi connectivity index (χ4n) is 3.04. The Morgan fingerprint density at radius 1 is 1.12 bits per heavy atom. The zero-order chi connectivity index (χ0) is 24.6. The Bertz CT molecular complexity index is 1500. The second-order valence-electron chi connectivity index (χ2n) is 7.74. The normalized spacial score (nSPS) is 13.2. The van der Waals surface area contributed by atoms with Gasteiger partial charge in [0.15, 0.2) is 14.6 Å². The quantitative estimate of drug-likeness (QED) is 0.457. The van der Waals surface area contributed by atoms with Crippen molar-refractivity contribution in [1.82, 2.24) is 8.87 Å². The van der Waals surface area contributed by atoms with Gasteiger partial charge in [0.05, 0.1) is 20.0 Å². The molecule has 0 radical (unpaired) electrons. The van der Waals surface area contributed by atoms with E-state index in [1.807, 2.05) is 0 Å². The highest BCUT2D eigenvalue weighted by atomic mass is 32.2. The van der Waals surface area contributed by atoms with Crippen molar-refractivity contribution in [3.63, 3.8) is 0 Å². The van der Waals surface area contributed by atoms with Crippen molar-refractivity contribution in [3.05, 3.63) is 65.5 Å². The predicted octanol–water partition coefficient (Wildman–Crippen LogP) is 3.06. The summed E-state index contributed by atoms with van der Waals surface area (Å²) < 4.78 is 52.7. The van der Waals surface area contributed by atoms with E-state index in [9.17, 15) is 21.6 Å². The number of amides is 1. The maximum atomic E-state index is 12.8. The summed E-state index contributed by atoms with van der Waals surface area (Å²) in [4.78, 5) is 17.7. The summed E-state index contributed by atoms with van der Waals surface area (Å²) in [6.07, 6.45) is 2.79. The largest absolute Gasteiger partial charge is 0.312 e. The number of hydrogen-bond donors (Lipinski definition) is 0. The molecule has 0 bridgehead atoms. The standard InChI is InChI=1S/C22H25N3O5S3/c1-6-13-25-19-12-11-18(32(5,27)28)14-20(19)31-22(25)23-21(26)16-7-9-17(10-8-16)33(29,30)24(4)15(2)3/h6-12,14-15H,1,13H2,2-5H3. The Balaban J connectivity index is 2.04. The lowest BCUT2D eigenvalue weighted by Crippen LogP contribution is -2.33. The van der Waals surface area contributed by atoms with Crippen LogP contribution in [0.4, 0.5) is 0 Å². The molecule has 0 saturated carbocycles. The molecule has 1 amide bonds. The van der Waals surface area contributed by atoms with E-state index in [4.69, 9.17) is 0 Å². The molecule has 3 rings (SSSR count). The van der Waals surface area contributed by atoms with Gasteiger partial charge in [-0.3, -0.25) is 4.79 Å². The van der Waals surface area contributed by atoms with E-state index in [1.165, 1.54) is 53.0 Å². The van der Waals surface area contributed by atoms with Crippen LogP contribution in [0, 0.1) is 0 Å². The molecule has 1 aromatic heterocycles. The van der Waals surface area contributed by atoms with Crippen molar-refractivity contribution in [2.75, 3.05) is 13.3 Å². The van der Waals surface area contributed by atoms with Crippen LogP contribution >= 0.6 is 11.3 Å². The first-order valence-corrected chi connectivity index (χ1v) is 14.1. The number of hydrogen-bond acceptors (Lipinski definition) is 6. The molecule has 0 aliphatic heterocycles. The minimum atomic E-state index is -3.66. The van der Waals surface area contributed by atoms with Crippen LogP contribution in [-0.4, -0.2) is 51.0 Å². The third-order valence-corrected chi connectivity index (χ3v) is 9.30. The summed E-state index contributed by atoms with van der Waals surface area (Å²) in [5, 5.41) is 0. The Kier molecular flexibility index (Phi) is 7.08. The van der Waals surface area contributed by atoms with Gasteiger partial charge >= 0.3 is 0 Å². The van der Waals surface area contributed by atoms with E-state index in [2.05, 4.69) is 11.6 Å². The van der Waals surface area contributed by atoms with Gasteiger partial charge in [0.25, 0.3) is 5.91 Å². The van der Waals surface area contributed by atoms with Crippen LogP contribution in [0.2, 0.25) is 0 Å². The van der Waals surface area contributed by atoms with Gasteiger partial charge in [-0.1, -0.05) is 17.4 Å². The number of sulfone groups is 1. The number of benzene rings is 2. The molecular weight excluding hydrogens is 482 g/mol. The van der Waals surface area contributed by atoms with Gasteiger partial charge in [0.1, 0.15) is 0 Å². The molecule has 1 heterocycles. The number of rotatable bonds is 7. The first kappa shape index (κ1) is 25.0. The van der Waals surface area contributed by atoms with E-state index in [1.54, 1.807) is 36.6 Å².